The molecule has 0 atom stereocenters. The number of aryl methyl sites for hydroxylation is 2. The molecular formula is C13H13N3O2. The molecule has 2 aromatic rings. The molecule has 0 bridgehead atoms. The fourth-order valence-electron chi connectivity index (χ4n) is 1.49. The van der Waals surface area contributed by atoms with Crippen LogP contribution >= 0.6 is 0 Å². The van der Waals surface area contributed by atoms with Crippen LogP contribution in [0.2, 0.25) is 0 Å². The van der Waals surface area contributed by atoms with Crippen molar-refractivity contribution in [1.29, 1.82) is 0 Å². The van der Waals surface area contributed by atoms with Crippen molar-refractivity contribution in [1.82, 2.24) is 9.55 Å². The summed E-state index contributed by atoms with van der Waals surface area (Å²) in [6.45, 7) is 1.99. The predicted molar refractivity (Wildman–Crippen MR) is 67.4 cm³/mol. The van der Waals surface area contributed by atoms with Crippen molar-refractivity contribution in [3.63, 3.8) is 0 Å². The van der Waals surface area contributed by atoms with E-state index >= 15 is 0 Å². The minimum atomic E-state index is -0.529. The van der Waals surface area contributed by atoms with E-state index in [1.807, 2.05) is 31.2 Å². The van der Waals surface area contributed by atoms with Crippen molar-refractivity contribution in [2.45, 2.75) is 6.92 Å². The molecule has 5 heteroatoms. The first-order valence-corrected chi connectivity index (χ1v) is 5.44. The summed E-state index contributed by atoms with van der Waals surface area (Å²) in [4.78, 5) is 20.2. The normalized spacial score (nSPS) is 10.8. The van der Waals surface area contributed by atoms with Gasteiger partial charge in [0.05, 0.1) is 18.7 Å². The lowest BCUT2D eigenvalue weighted by Gasteiger charge is -1.98. The van der Waals surface area contributed by atoms with E-state index in [2.05, 4.69) is 10.1 Å². The number of hydrogen-bond acceptors (Lipinski definition) is 4. The van der Waals surface area contributed by atoms with Crippen molar-refractivity contribution in [2.24, 2.45) is 12.2 Å². The van der Waals surface area contributed by atoms with Gasteiger partial charge in [0, 0.05) is 7.05 Å². The maximum Gasteiger partial charge on any atom is 0.383 e. The average molecular weight is 243 g/mol. The Labute approximate surface area is 105 Å². The topological polar surface area (TPSA) is 56.5 Å². The molecular weight excluding hydrogens is 230 g/mol. The maximum absolute atomic E-state index is 11.6. The van der Waals surface area contributed by atoms with Gasteiger partial charge in [-0.3, -0.25) is 0 Å². The highest BCUT2D eigenvalue weighted by Crippen LogP contribution is 2.02. The van der Waals surface area contributed by atoms with Gasteiger partial charge < -0.3 is 9.40 Å². The molecule has 5 nitrogen and oxygen atoms in total. The third kappa shape index (κ3) is 2.82. The summed E-state index contributed by atoms with van der Waals surface area (Å²) in [6, 6.07) is 7.73. The lowest BCUT2D eigenvalue weighted by atomic mass is 10.2. The zero-order valence-electron chi connectivity index (χ0n) is 10.2. The number of nitrogens with zero attached hydrogens (tertiary/aromatic N) is 3. The molecule has 1 aromatic carbocycles. The number of oxime groups is 1. The molecule has 0 fully saturated rings. The van der Waals surface area contributed by atoms with Gasteiger partial charge in [0.1, 0.15) is 5.69 Å². The Bertz CT molecular complexity index is 587. The van der Waals surface area contributed by atoms with Crippen molar-refractivity contribution in [3.05, 3.63) is 53.6 Å². The molecule has 0 aliphatic carbocycles. The van der Waals surface area contributed by atoms with Gasteiger partial charge in [-0.2, -0.15) is 0 Å². The Morgan fingerprint density at radius 2 is 2.33 bits per heavy atom. The van der Waals surface area contributed by atoms with Gasteiger partial charge in [0.25, 0.3) is 0 Å². The van der Waals surface area contributed by atoms with Crippen LogP contribution in [0, 0.1) is 6.92 Å². The zero-order chi connectivity index (χ0) is 13.0. The van der Waals surface area contributed by atoms with E-state index in [1.165, 1.54) is 18.7 Å². The summed E-state index contributed by atoms with van der Waals surface area (Å²) >= 11 is 0. The first-order chi connectivity index (χ1) is 8.66. The number of carbonyl (C=O) groups excluding carboxylic acids is 1. The van der Waals surface area contributed by atoms with E-state index in [0.29, 0.717) is 5.69 Å². The lowest BCUT2D eigenvalue weighted by Crippen LogP contribution is -2.06. The summed E-state index contributed by atoms with van der Waals surface area (Å²) < 4.78 is 1.57. The largest absolute Gasteiger partial charge is 0.383 e. The van der Waals surface area contributed by atoms with Gasteiger partial charge in [-0.25, -0.2) is 9.78 Å². The van der Waals surface area contributed by atoms with Crippen molar-refractivity contribution < 1.29 is 9.63 Å². The van der Waals surface area contributed by atoms with Crippen LogP contribution in [0.25, 0.3) is 0 Å². The molecule has 0 aliphatic rings. The van der Waals surface area contributed by atoms with Crippen LogP contribution < -0.4 is 0 Å². The molecule has 92 valence electrons. The van der Waals surface area contributed by atoms with Crippen LogP contribution in [0.15, 0.2) is 41.9 Å². The molecule has 0 unspecified atom stereocenters. The van der Waals surface area contributed by atoms with Gasteiger partial charge in [-0.1, -0.05) is 35.0 Å². The number of hydrogen-bond donors (Lipinski definition) is 0. The molecule has 0 saturated heterocycles. The van der Waals surface area contributed by atoms with E-state index in [-0.39, 0.29) is 0 Å². The SMILES string of the molecule is Cc1cccc(C=NOC(=O)c2cncn2C)c1. The minimum Gasteiger partial charge on any atom is -0.328 e. The first kappa shape index (κ1) is 12.0. The van der Waals surface area contributed by atoms with E-state index < -0.39 is 5.97 Å². The molecule has 0 N–H and O–H groups in total. The van der Waals surface area contributed by atoms with E-state index in [0.717, 1.165) is 11.1 Å². The second-order valence-electron chi connectivity index (χ2n) is 3.92. The van der Waals surface area contributed by atoms with Gasteiger partial charge >= 0.3 is 5.97 Å². The Balaban J connectivity index is 2.00. The monoisotopic (exact) mass is 243 g/mol. The zero-order valence-corrected chi connectivity index (χ0v) is 10.2. The molecule has 0 radical (unpaired) electrons. The number of imidazole rings is 1. The Morgan fingerprint density at radius 3 is 3.00 bits per heavy atom. The van der Waals surface area contributed by atoms with E-state index in [1.54, 1.807) is 11.6 Å². The fraction of sp³-hybridized carbons (Fsp3) is 0.154. The standard InChI is InChI=1S/C13H13N3O2/c1-10-4-3-5-11(6-10)7-15-18-13(17)12-8-14-9-16(12)2/h3-9H,1-2H3. The second-order valence-corrected chi connectivity index (χ2v) is 3.92. The summed E-state index contributed by atoms with van der Waals surface area (Å²) in [5, 5.41) is 3.66. The van der Waals surface area contributed by atoms with Gasteiger partial charge in [-0.15, -0.1) is 0 Å². The van der Waals surface area contributed by atoms with Crippen molar-refractivity contribution in [2.75, 3.05) is 0 Å². The van der Waals surface area contributed by atoms with E-state index in [4.69, 9.17) is 4.84 Å². The summed E-state index contributed by atoms with van der Waals surface area (Å²) in [5.74, 6) is -0.529. The van der Waals surface area contributed by atoms with Gasteiger partial charge in [0.15, 0.2) is 0 Å². The predicted octanol–water partition coefficient (Wildman–Crippen LogP) is 1.92. The quantitative estimate of drug-likeness (QED) is 0.470. The fourth-order valence-corrected chi connectivity index (χ4v) is 1.49. The highest BCUT2D eigenvalue weighted by Gasteiger charge is 2.10. The van der Waals surface area contributed by atoms with Crippen LogP contribution in [0.5, 0.6) is 0 Å². The van der Waals surface area contributed by atoms with Gasteiger partial charge in [-0.05, 0) is 12.5 Å². The number of rotatable bonds is 3. The average Bonchev–Trinajstić information content (AvgIpc) is 2.75. The Kier molecular flexibility index (Phi) is 3.52. The van der Waals surface area contributed by atoms with Gasteiger partial charge in [0.2, 0.25) is 0 Å². The molecule has 0 amide bonds. The number of benzene rings is 1. The summed E-state index contributed by atoms with van der Waals surface area (Å²) in [6.07, 6.45) is 4.46. The second kappa shape index (κ2) is 5.27. The third-order valence-electron chi connectivity index (χ3n) is 2.41. The smallest absolute Gasteiger partial charge is 0.328 e. The molecule has 1 heterocycles. The highest BCUT2D eigenvalue weighted by molar-refractivity contribution is 5.88. The minimum absolute atomic E-state index is 0.358. The van der Waals surface area contributed by atoms with Crippen LogP contribution in [0.4, 0.5) is 0 Å². The van der Waals surface area contributed by atoms with Crippen LogP contribution in [-0.4, -0.2) is 21.7 Å². The molecule has 0 aliphatic heterocycles. The Hall–Kier alpha value is -2.43. The van der Waals surface area contributed by atoms with Crippen LogP contribution in [-0.2, 0) is 11.9 Å². The summed E-state index contributed by atoms with van der Waals surface area (Å²) in [5.41, 5.74) is 2.36. The molecule has 1 aromatic heterocycles. The molecule has 0 saturated carbocycles. The van der Waals surface area contributed by atoms with Crippen LogP contribution in [0.3, 0.4) is 0 Å². The van der Waals surface area contributed by atoms with Crippen molar-refractivity contribution in [3.8, 4) is 0 Å². The highest BCUT2D eigenvalue weighted by atomic mass is 16.7. The number of aromatic nitrogens is 2. The Morgan fingerprint density at radius 1 is 1.50 bits per heavy atom. The summed E-state index contributed by atoms with van der Waals surface area (Å²) in [7, 11) is 1.72. The lowest BCUT2D eigenvalue weighted by molar-refractivity contribution is 0.0508. The van der Waals surface area contributed by atoms with Crippen LogP contribution in [0.1, 0.15) is 21.6 Å². The first-order valence-electron chi connectivity index (χ1n) is 5.44. The molecule has 0 spiro atoms. The van der Waals surface area contributed by atoms with E-state index in [9.17, 15) is 4.79 Å². The number of carbonyl (C=O) groups is 1. The molecule has 2 rings (SSSR count). The molecule has 18 heavy (non-hydrogen) atoms. The van der Waals surface area contributed by atoms with Crippen molar-refractivity contribution >= 4 is 12.2 Å². The third-order valence-corrected chi connectivity index (χ3v) is 2.41. The maximum atomic E-state index is 11.6.